The minimum Gasteiger partial charge on any atom is -0.493 e. The molecule has 2 nitrogen and oxygen atoms in total. The van der Waals surface area contributed by atoms with E-state index in [2.05, 4.69) is 28.9 Å². The van der Waals surface area contributed by atoms with Crippen LogP contribution in [0.2, 0.25) is 0 Å². The first kappa shape index (κ1) is 13.5. The van der Waals surface area contributed by atoms with E-state index in [0.717, 1.165) is 36.1 Å². The second-order valence-electron chi connectivity index (χ2n) is 4.14. The lowest BCUT2D eigenvalue weighted by Crippen LogP contribution is -2.18. The minimum atomic E-state index is 0.155. The van der Waals surface area contributed by atoms with Crippen LogP contribution in [0.15, 0.2) is 22.7 Å². The molecule has 90 valence electrons. The third-order valence-corrected chi connectivity index (χ3v) is 2.81. The van der Waals surface area contributed by atoms with E-state index in [4.69, 9.17) is 10.5 Å². The van der Waals surface area contributed by atoms with Crippen LogP contribution in [0, 0.1) is 0 Å². The van der Waals surface area contributed by atoms with Crippen molar-refractivity contribution in [3.63, 3.8) is 0 Å². The Balaban J connectivity index is 2.72. The van der Waals surface area contributed by atoms with E-state index in [-0.39, 0.29) is 6.04 Å². The highest BCUT2D eigenvalue weighted by atomic mass is 79.9. The first-order valence-corrected chi connectivity index (χ1v) is 6.59. The highest BCUT2D eigenvalue weighted by Gasteiger charge is 2.06. The van der Waals surface area contributed by atoms with E-state index in [1.54, 1.807) is 0 Å². The molecule has 3 heteroatoms. The third-order valence-electron chi connectivity index (χ3n) is 2.32. The molecule has 0 radical (unpaired) electrons. The molecular weight excluding hydrogens is 266 g/mol. The van der Waals surface area contributed by atoms with Gasteiger partial charge in [0.05, 0.1) is 6.61 Å². The number of ether oxygens (including phenoxy) is 1. The fourth-order valence-corrected chi connectivity index (χ4v) is 1.93. The minimum absolute atomic E-state index is 0.155. The van der Waals surface area contributed by atoms with Crippen LogP contribution >= 0.6 is 15.9 Å². The number of halogens is 1. The normalized spacial score (nSPS) is 12.5. The monoisotopic (exact) mass is 285 g/mol. The number of unbranched alkanes of at least 4 members (excludes halogenated alkanes) is 1. The van der Waals surface area contributed by atoms with Gasteiger partial charge < -0.3 is 10.5 Å². The number of hydrogen-bond acceptors (Lipinski definition) is 2. The van der Waals surface area contributed by atoms with E-state index in [0.29, 0.717) is 0 Å². The van der Waals surface area contributed by atoms with Crippen LogP contribution in [-0.4, -0.2) is 12.6 Å². The summed E-state index contributed by atoms with van der Waals surface area (Å²) in [5.41, 5.74) is 7.01. The van der Waals surface area contributed by atoms with E-state index in [1.165, 1.54) is 5.56 Å². The molecule has 2 N–H and O–H groups in total. The molecule has 0 aliphatic carbocycles. The Hall–Kier alpha value is -0.540. The van der Waals surface area contributed by atoms with Gasteiger partial charge in [0.15, 0.2) is 0 Å². The quantitative estimate of drug-likeness (QED) is 0.812. The van der Waals surface area contributed by atoms with Crippen LogP contribution in [0.3, 0.4) is 0 Å². The summed E-state index contributed by atoms with van der Waals surface area (Å²) in [5, 5.41) is 0. The second kappa shape index (κ2) is 6.92. The summed E-state index contributed by atoms with van der Waals surface area (Å²) in [6.45, 7) is 4.95. The van der Waals surface area contributed by atoms with Crippen molar-refractivity contribution in [3.05, 3.63) is 28.2 Å². The summed E-state index contributed by atoms with van der Waals surface area (Å²) in [6, 6.07) is 6.26. The molecule has 0 fully saturated rings. The fourth-order valence-electron chi connectivity index (χ4n) is 1.52. The molecular formula is C13H20BrNO. The molecule has 1 rings (SSSR count). The zero-order chi connectivity index (χ0) is 12.0. The van der Waals surface area contributed by atoms with Crippen molar-refractivity contribution in [3.8, 4) is 5.75 Å². The Morgan fingerprint density at radius 3 is 2.81 bits per heavy atom. The van der Waals surface area contributed by atoms with Crippen molar-refractivity contribution in [2.75, 3.05) is 6.61 Å². The number of rotatable bonds is 6. The van der Waals surface area contributed by atoms with Crippen LogP contribution in [0.5, 0.6) is 5.75 Å². The summed E-state index contributed by atoms with van der Waals surface area (Å²) >= 11 is 3.47. The van der Waals surface area contributed by atoms with Crippen molar-refractivity contribution in [1.82, 2.24) is 0 Å². The molecule has 0 saturated heterocycles. The molecule has 0 aromatic heterocycles. The molecule has 0 aliphatic rings. The Morgan fingerprint density at radius 1 is 1.44 bits per heavy atom. The van der Waals surface area contributed by atoms with Crippen LogP contribution < -0.4 is 10.5 Å². The molecule has 0 bridgehead atoms. The lowest BCUT2D eigenvalue weighted by Gasteiger charge is -2.13. The zero-order valence-electron chi connectivity index (χ0n) is 10.0. The number of benzene rings is 1. The summed E-state index contributed by atoms with van der Waals surface area (Å²) < 4.78 is 6.83. The molecule has 16 heavy (non-hydrogen) atoms. The Kier molecular flexibility index (Phi) is 5.85. The maximum absolute atomic E-state index is 5.83. The van der Waals surface area contributed by atoms with Crippen molar-refractivity contribution in [1.29, 1.82) is 0 Å². The molecule has 1 aromatic carbocycles. The lowest BCUT2D eigenvalue weighted by molar-refractivity contribution is 0.305. The van der Waals surface area contributed by atoms with Crippen LogP contribution in [0.4, 0.5) is 0 Å². The summed E-state index contributed by atoms with van der Waals surface area (Å²) in [4.78, 5) is 0. The molecule has 0 amide bonds. The first-order chi connectivity index (χ1) is 7.63. The first-order valence-electron chi connectivity index (χ1n) is 5.80. The molecule has 1 atom stereocenters. The predicted octanol–water partition coefficient (Wildman–Crippen LogP) is 3.52. The summed E-state index contributed by atoms with van der Waals surface area (Å²) in [5.74, 6) is 0.967. The van der Waals surface area contributed by atoms with E-state index in [1.807, 2.05) is 19.1 Å². The highest BCUT2D eigenvalue weighted by molar-refractivity contribution is 9.10. The largest absolute Gasteiger partial charge is 0.493 e. The molecule has 1 unspecified atom stereocenters. The highest BCUT2D eigenvalue weighted by Crippen LogP contribution is 2.24. The van der Waals surface area contributed by atoms with E-state index < -0.39 is 0 Å². The standard InChI is InChI=1S/C13H20BrNO/c1-3-4-7-16-13-6-5-12(14)9-11(13)8-10(2)15/h5-6,9-10H,3-4,7-8,15H2,1-2H3. The average molecular weight is 286 g/mol. The molecule has 1 aromatic rings. The van der Waals surface area contributed by atoms with Gasteiger partial charge in [-0.15, -0.1) is 0 Å². The Morgan fingerprint density at radius 2 is 2.19 bits per heavy atom. The third kappa shape index (κ3) is 4.54. The fraction of sp³-hybridized carbons (Fsp3) is 0.538. The van der Waals surface area contributed by atoms with Gasteiger partial charge in [-0.3, -0.25) is 0 Å². The predicted molar refractivity (Wildman–Crippen MR) is 71.9 cm³/mol. The topological polar surface area (TPSA) is 35.2 Å². The summed E-state index contributed by atoms with van der Waals surface area (Å²) in [7, 11) is 0. The van der Waals surface area contributed by atoms with E-state index in [9.17, 15) is 0 Å². The molecule has 0 saturated carbocycles. The van der Waals surface area contributed by atoms with Gasteiger partial charge in [0.2, 0.25) is 0 Å². The maximum atomic E-state index is 5.83. The number of hydrogen-bond donors (Lipinski definition) is 1. The van der Waals surface area contributed by atoms with Gasteiger partial charge in [-0.25, -0.2) is 0 Å². The van der Waals surface area contributed by atoms with Gasteiger partial charge in [0.1, 0.15) is 5.75 Å². The van der Waals surface area contributed by atoms with Crippen molar-refractivity contribution < 1.29 is 4.74 Å². The summed E-state index contributed by atoms with van der Waals surface area (Å²) in [6.07, 6.45) is 3.09. The lowest BCUT2D eigenvalue weighted by atomic mass is 10.1. The van der Waals surface area contributed by atoms with Gasteiger partial charge in [0.25, 0.3) is 0 Å². The molecule has 0 aliphatic heterocycles. The number of nitrogens with two attached hydrogens (primary N) is 1. The average Bonchev–Trinajstić information content (AvgIpc) is 2.20. The van der Waals surface area contributed by atoms with Gasteiger partial charge in [-0.2, -0.15) is 0 Å². The Bertz CT molecular complexity index is 326. The van der Waals surface area contributed by atoms with Gasteiger partial charge in [-0.1, -0.05) is 29.3 Å². The van der Waals surface area contributed by atoms with Crippen LogP contribution in [0.25, 0.3) is 0 Å². The van der Waals surface area contributed by atoms with Crippen LogP contribution in [0.1, 0.15) is 32.3 Å². The van der Waals surface area contributed by atoms with Crippen molar-refractivity contribution in [2.45, 2.75) is 39.2 Å². The van der Waals surface area contributed by atoms with Crippen LogP contribution in [-0.2, 0) is 6.42 Å². The zero-order valence-corrected chi connectivity index (χ0v) is 11.6. The molecule has 0 heterocycles. The van der Waals surface area contributed by atoms with Gasteiger partial charge >= 0.3 is 0 Å². The van der Waals surface area contributed by atoms with Gasteiger partial charge in [-0.05, 0) is 43.5 Å². The molecule has 0 spiro atoms. The smallest absolute Gasteiger partial charge is 0.122 e. The second-order valence-corrected chi connectivity index (χ2v) is 5.05. The van der Waals surface area contributed by atoms with Crippen molar-refractivity contribution in [2.24, 2.45) is 5.73 Å². The van der Waals surface area contributed by atoms with Gasteiger partial charge in [0, 0.05) is 10.5 Å². The maximum Gasteiger partial charge on any atom is 0.122 e. The van der Waals surface area contributed by atoms with Crippen molar-refractivity contribution >= 4 is 15.9 Å². The van der Waals surface area contributed by atoms with E-state index >= 15 is 0 Å². The Labute approximate surface area is 106 Å². The SMILES string of the molecule is CCCCOc1ccc(Br)cc1CC(C)N.